The van der Waals surface area contributed by atoms with Gasteiger partial charge in [0.1, 0.15) is 6.33 Å². The summed E-state index contributed by atoms with van der Waals surface area (Å²) in [6.45, 7) is 3.08. The Morgan fingerprint density at radius 3 is 2.86 bits per heavy atom. The Morgan fingerprint density at radius 1 is 1.28 bits per heavy atom. The van der Waals surface area contributed by atoms with Gasteiger partial charge in [-0.25, -0.2) is 27.6 Å². The molecule has 152 valence electrons. The van der Waals surface area contributed by atoms with Crippen LogP contribution in [-0.4, -0.2) is 58.4 Å². The van der Waals surface area contributed by atoms with Crippen LogP contribution in [0.25, 0.3) is 16.9 Å². The van der Waals surface area contributed by atoms with Gasteiger partial charge in [0.15, 0.2) is 11.5 Å². The highest BCUT2D eigenvalue weighted by molar-refractivity contribution is 7.89. The van der Waals surface area contributed by atoms with E-state index in [0.29, 0.717) is 36.4 Å². The second-order valence-electron chi connectivity index (χ2n) is 6.88. The standard InChI is InChI=1S/C18H21N7O3S/c1-12-4-5-13(29(27,28)23-6-8-24-7-2-3-16(24)26)9-14(12)15-10-20-18-17(19)21-11-22-25(15)18/h4-5,9-11,23H,2-3,6-8H2,1H3,(H2,19,21,22). The van der Waals surface area contributed by atoms with Crippen LogP contribution in [0.1, 0.15) is 18.4 Å². The quantitative estimate of drug-likeness (QED) is 0.601. The summed E-state index contributed by atoms with van der Waals surface area (Å²) in [5.74, 6) is 0.307. The second kappa shape index (κ2) is 7.41. The zero-order chi connectivity index (χ0) is 20.6. The van der Waals surface area contributed by atoms with Gasteiger partial charge in [0.25, 0.3) is 0 Å². The van der Waals surface area contributed by atoms with Gasteiger partial charge in [-0.1, -0.05) is 6.07 Å². The normalized spacial score (nSPS) is 14.8. The zero-order valence-corrected chi connectivity index (χ0v) is 16.7. The van der Waals surface area contributed by atoms with Gasteiger partial charge in [-0.05, 0) is 31.0 Å². The fourth-order valence-electron chi connectivity index (χ4n) is 3.40. The van der Waals surface area contributed by atoms with Crippen LogP contribution in [-0.2, 0) is 14.8 Å². The lowest BCUT2D eigenvalue weighted by atomic mass is 10.1. The van der Waals surface area contributed by atoms with Crippen molar-refractivity contribution in [1.29, 1.82) is 0 Å². The molecule has 11 heteroatoms. The van der Waals surface area contributed by atoms with E-state index < -0.39 is 10.0 Å². The molecule has 1 aliphatic rings. The first-order valence-electron chi connectivity index (χ1n) is 9.19. The molecule has 1 saturated heterocycles. The largest absolute Gasteiger partial charge is 0.381 e. The number of benzene rings is 1. The second-order valence-corrected chi connectivity index (χ2v) is 8.65. The smallest absolute Gasteiger partial charge is 0.240 e. The van der Waals surface area contributed by atoms with Crippen LogP contribution in [0.3, 0.4) is 0 Å². The average molecular weight is 415 g/mol. The zero-order valence-electron chi connectivity index (χ0n) is 15.9. The summed E-state index contributed by atoms with van der Waals surface area (Å²) in [5, 5.41) is 4.17. The van der Waals surface area contributed by atoms with Crippen LogP contribution in [0.5, 0.6) is 0 Å². The fraction of sp³-hybridized carbons (Fsp3) is 0.333. The molecule has 2 aromatic heterocycles. The number of nitrogens with two attached hydrogens (primary N) is 1. The van der Waals surface area contributed by atoms with Gasteiger partial charge < -0.3 is 10.6 Å². The minimum atomic E-state index is -3.74. The Morgan fingerprint density at radius 2 is 2.10 bits per heavy atom. The predicted octanol–water partition coefficient (Wildman–Crippen LogP) is 0.583. The minimum Gasteiger partial charge on any atom is -0.381 e. The molecule has 0 saturated carbocycles. The van der Waals surface area contributed by atoms with Crippen molar-refractivity contribution in [3.63, 3.8) is 0 Å². The van der Waals surface area contributed by atoms with E-state index in [1.165, 1.54) is 10.8 Å². The van der Waals surface area contributed by atoms with E-state index in [1.807, 2.05) is 6.92 Å². The third-order valence-corrected chi connectivity index (χ3v) is 6.43. The van der Waals surface area contributed by atoms with E-state index in [-0.39, 0.29) is 23.2 Å². The molecule has 1 aromatic carbocycles. The number of anilines is 1. The summed E-state index contributed by atoms with van der Waals surface area (Å²) in [6.07, 6.45) is 4.26. The molecular weight excluding hydrogens is 394 g/mol. The third kappa shape index (κ3) is 3.66. The lowest BCUT2D eigenvalue weighted by molar-refractivity contribution is -0.127. The van der Waals surface area contributed by atoms with Crippen LogP contribution in [0, 0.1) is 6.92 Å². The number of carbonyl (C=O) groups excluding carboxylic acids is 1. The first-order chi connectivity index (χ1) is 13.9. The lowest BCUT2D eigenvalue weighted by Gasteiger charge is -2.16. The molecule has 3 heterocycles. The molecule has 0 bridgehead atoms. The number of hydrogen-bond acceptors (Lipinski definition) is 7. The van der Waals surface area contributed by atoms with E-state index in [4.69, 9.17) is 5.73 Å². The molecule has 1 fully saturated rings. The van der Waals surface area contributed by atoms with Gasteiger partial charge in [0, 0.05) is 31.6 Å². The number of nitrogen functional groups attached to an aromatic ring is 1. The van der Waals surface area contributed by atoms with Crippen molar-refractivity contribution in [3.05, 3.63) is 36.3 Å². The summed E-state index contributed by atoms with van der Waals surface area (Å²) in [7, 11) is -3.74. The molecule has 3 aromatic rings. The van der Waals surface area contributed by atoms with E-state index in [2.05, 4.69) is 19.8 Å². The molecular formula is C18H21N7O3S. The summed E-state index contributed by atoms with van der Waals surface area (Å²) < 4.78 is 29.6. The number of amides is 1. The molecule has 0 unspecified atom stereocenters. The first-order valence-corrected chi connectivity index (χ1v) is 10.7. The highest BCUT2D eigenvalue weighted by atomic mass is 32.2. The van der Waals surface area contributed by atoms with Crippen LogP contribution < -0.4 is 10.5 Å². The molecule has 29 heavy (non-hydrogen) atoms. The van der Waals surface area contributed by atoms with Crippen LogP contribution in [0.4, 0.5) is 5.82 Å². The van der Waals surface area contributed by atoms with Gasteiger partial charge >= 0.3 is 0 Å². The van der Waals surface area contributed by atoms with E-state index in [9.17, 15) is 13.2 Å². The SMILES string of the molecule is Cc1ccc(S(=O)(=O)NCCN2CCCC2=O)cc1-c1cnc2c(N)ncnn12. The van der Waals surface area contributed by atoms with Gasteiger partial charge in [-0.2, -0.15) is 5.10 Å². The van der Waals surface area contributed by atoms with Crippen molar-refractivity contribution >= 4 is 27.4 Å². The van der Waals surface area contributed by atoms with Gasteiger partial charge in [-0.3, -0.25) is 4.79 Å². The summed E-state index contributed by atoms with van der Waals surface area (Å²) >= 11 is 0. The minimum absolute atomic E-state index is 0.0655. The topological polar surface area (TPSA) is 136 Å². The number of sulfonamides is 1. The molecule has 1 aliphatic heterocycles. The number of carbonyl (C=O) groups is 1. The molecule has 10 nitrogen and oxygen atoms in total. The van der Waals surface area contributed by atoms with Gasteiger partial charge in [0.2, 0.25) is 15.9 Å². The van der Waals surface area contributed by atoms with Crippen LogP contribution >= 0.6 is 0 Å². The average Bonchev–Trinajstić information content (AvgIpc) is 3.29. The van der Waals surface area contributed by atoms with E-state index in [1.54, 1.807) is 29.3 Å². The number of nitrogens with zero attached hydrogens (tertiary/aromatic N) is 5. The van der Waals surface area contributed by atoms with Gasteiger partial charge in [-0.15, -0.1) is 0 Å². The van der Waals surface area contributed by atoms with Crippen molar-refractivity contribution < 1.29 is 13.2 Å². The molecule has 0 aliphatic carbocycles. The maximum absolute atomic E-state index is 12.8. The number of aromatic nitrogens is 4. The van der Waals surface area contributed by atoms with Crippen LogP contribution in [0.2, 0.25) is 0 Å². The Balaban J connectivity index is 1.60. The number of aryl methyl sites for hydroxylation is 1. The van der Waals surface area contributed by atoms with Crippen molar-refractivity contribution in [2.75, 3.05) is 25.4 Å². The summed E-state index contributed by atoms with van der Waals surface area (Å²) in [6, 6.07) is 4.87. The van der Waals surface area contributed by atoms with Gasteiger partial charge in [0.05, 0.1) is 16.8 Å². The highest BCUT2D eigenvalue weighted by Crippen LogP contribution is 2.27. The number of nitrogens with one attached hydrogen (secondary N) is 1. The van der Waals surface area contributed by atoms with Crippen molar-refractivity contribution in [3.8, 4) is 11.3 Å². The monoisotopic (exact) mass is 415 g/mol. The molecule has 0 atom stereocenters. The highest BCUT2D eigenvalue weighted by Gasteiger charge is 2.22. The maximum atomic E-state index is 12.8. The molecule has 4 rings (SSSR count). The Hall–Kier alpha value is -3.05. The molecule has 3 N–H and O–H groups in total. The maximum Gasteiger partial charge on any atom is 0.240 e. The van der Waals surface area contributed by atoms with Crippen LogP contribution in [0.15, 0.2) is 35.6 Å². The number of imidazole rings is 1. The predicted molar refractivity (Wildman–Crippen MR) is 106 cm³/mol. The molecule has 0 spiro atoms. The number of likely N-dealkylation sites (tertiary alicyclic amines) is 1. The number of rotatable bonds is 6. The Bertz CT molecular complexity index is 1190. The first kappa shape index (κ1) is 19.3. The number of fused-ring (bicyclic) bond motifs is 1. The van der Waals surface area contributed by atoms with Crippen molar-refractivity contribution in [2.24, 2.45) is 0 Å². The Labute approximate surface area is 167 Å². The lowest BCUT2D eigenvalue weighted by Crippen LogP contribution is -2.35. The van der Waals surface area contributed by atoms with Crippen molar-refractivity contribution in [1.82, 2.24) is 29.2 Å². The van der Waals surface area contributed by atoms with E-state index in [0.717, 1.165) is 12.0 Å². The Kier molecular flexibility index (Phi) is 4.92. The molecule has 1 amide bonds. The summed E-state index contributed by atoms with van der Waals surface area (Å²) in [4.78, 5) is 21.6. The van der Waals surface area contributed by atoms with E-state index >= 15 is 0 Å². The van der Waals surface area contributed by atoms with Crippen molar-refractivity contribution in [2.45, 2.75) is 24.7 Å². The number of hydrogen-bond donors (Lipinski definition) is 2. The fourth-order valence-corrected chi connectivity index (χ4v) is 4.45. The molecule has 0 radical (unpaired) electrons. The third-order valence-electron chi connectivity index (χ3n) is 4.97. The summed E-state index contributed by atoms with van der Waals surface area (Å²) in [5.41, 5.74) is 8.40.